The number of hydrogen-bond acceptors (Lipinski definition) is 5. The van der Waals surface area contributed by atoms with Crippen LogP contribution < -0.4 is 5.32 Å². The third kappa shape index (κ3) is 2.75. The molecule has 5 nitrogen and oxygen atoms in total. The van der Waals surface area contributed by atoms with E-state index < -0.39 is 42.1 Å². The Kier molecular flexibility index (Phi) is 4.76. The average Bonchev–Trinajstić information content (AvgIpc) is 2.99. The topological polar surface area (TPSA) is 64.6 Å². The van der Waals surface area contributed by atoms with Crippen LogP contribution in [0.3, 0.4) is 0 Å². The summed E-state index contributed by atoms with van der Waals surface area (Å²) in [6, 6.07) is 3.67. The molecule has 2 atom stereocenters. The van der Waals surface area contributed by atoms with Gasteiger partial charge in [0.2, 0.25) is 0 Å². The standard InChI is InChI=1S/C18H16F3NO4/c1-8-13(17(23)25-2)15(16-12(22-8)7-26-18(16)24)9-4-3-5-10(20)14(9)11(21)6-19/h3-5,11,15,22H,6-7H2,1-2H3. The summed E-state index contributed by atoms with van der Waals surface area (Å²) in [4.78, 5) is 24.6. The van der Waals surface area contributed by atoms with Gasteiger partial charge in [0.05, 0.1) is 29.9 Å². The number of cyclic esters (lactones) is 1. The quantitative estimate of drug-likeness (QED) is 0.829. The molecule has 0 fully saturated rings. The number of ether oxygens (including phenoxy) is 2. The first-order valence-corrected chi connectivity index (χ1v) is 7.85. The number of hydrogen-bond donors (Lipinski definition) is 1. The van der Waals surface area contributed by atoms with Gasteiger partial charge in [0, 0.05) is 11.3 Å². The summed E-state index contributed by atoms with van der Waals surface area (Å²) in [6.07, 6.45) is -2.23. The van der Waals surface area contributed by atoms with E-state index in [1.165, 1.54) is 12.1 Å². The van der Waals surface area contributed by atoms with E-state index in [4.69, 9.17) is 9.47 Å². The highest BCUT2D eigenvalue weighted by atomic mass is 19.2. The lowest BCUT2D eigenvalue weighted by atomic mass is 9.78. The predicted octanol–water partition coefficient (Wildman–Crippen LogP) is 2.75. The van der Waals surface area contributed by atoms with Gasteiger partial charge in [-0.1, -0.05) is 12.1 Å². The van der Waals surface area contributed by atoms with Crippen LogP contribution in [0, 0.1) is 5.82 Å². The van der Waals surface area contributed by atoms with Gasteiger partial charge in [-0.15, -0.1) is 0 Å². The maximum Gasteiger partial charge on any atom is 0.337 e. The normalized spacial score (nSPS) is 20.5. The van der Waals surface area contributed by atoms with Crippen molar-refractivity contribution in [3.8, 4) is 0 Å². The van der Waals surface area contributed by atoms with E-state index >= 15 is 0 Å². The number of allylic oxidation sites excluding steroid dienone is 1. The van der Waals surface area contributed by atoms with E-state index in [2.05, 4.69) is 5.32 Å². The molecule has 0 bridgehead atoms. The second kappa shape index (κ2) is 6.86. The Bertz CT molecular complexity index is 847. The van der Waals surface area contributed by atoms with E-state index in [1.807, 2.05) is 0 Å². The van der Waals surface area contributed by atoms with Crippen molar-refractivity contribution in [1.29, 1.82) is 0 Å². The van der Waals surface area contributed by atoms with Crippen LogP contribution in [0.5, 0.6) is 0 Å². The first-order chi connectivity index (χ1) is 12.4. The van der Waals surface area contributed by atoms with Gasteiger partial charge in [0.25, 0.3) is 0 Å². The largest absolute Gasteiger partial charge is 0.466 e. The number of rotatable bonds is 4. The number of halogens is 3. The molecule has 0 aliphatic carbocycles. The molecule has 2 unspecified atom stereocenters. The molecular formula is C18H16F3NO4. The van der Waals surface area contributed by atoms with Crippen molar-refractivity contribution in [3.63, 3.8) is 0 Å². The molecule has 26 heavy (non-hydrogen) atoms. The molecule has 1 N–H and O–H groups in total. The van der Waals surface area contributed by atoms with Crippen LogP contribution in [0.2, 0.25) is 0 Å². The number of carbonyl (C=O) groups is 2. The summed E-state index contributed by atoms with van der Waals surface area (Å²) >= 11 is 0. The maximum atomic E-state index is 14.3. The molecule has 0 amide bonds. The minimum atomic E-state index is -2.23. The van der Waals surface area contributed by atoms with Crippen LogP contribution in [0.15, 0.2) is 40.7 Å². The second-order valence-corrected chi connectivity index (χ2v) is 5.92. The van der Waals surface area contributed by atoms with Gasteiger partial charge in [0.1, 0.15) is 19.1 Å². The number of benzene rings is 1. The van der Waals surface area contributed by atoms with Gasteiger partial charge in [-0.05, 0) is 18.6 Å². The van der Waals surface area contributed by atoms with Crippen LogP contribution in [-0.4, -0.2) is 32.3 Å². The van der Waals surface area contributed by atoms with E-state index in [0.717, 1.165) is 13.2 Å². The fraction of sp³-hybridized carbons (Fsp3) is 0.333. The molecule has 0 saturated carbocycles. The number of dihydropyridines is 1. The second-order valence-electron chi connectivity index (χ2n) is 5.92. The van der Waals surface area contributed by atoms with E-state index in [9.17, 15) is 22.8 Å². The Morgan fingerprint density at radius 2 is 2.19 bits per heavy atom. The minimum absolute atomic E-state index is 0.0113. The van der Waals surface area contributed by atoms with Gasteiger partial charge in [-0.2, -0.15) is 0 Å². The van der Waals surface area contributed by atoms with Crippen LogP contribution >= 0.6 is 0 Å². The molecule has 0 saturated heterocycles. The molecule has 0 aromatic heterocycles. The average molecular weight is 367 g/mol. The van der Waals surface area contributed by atoms with Crippen LogP contribution in [0.4, 0.5) is 13.2 Å². The Morgan fingerprint density at radius 3 is 2.85 bits per heavy atom. The molecule has 0 radical (unpaired) electrons. The van der Waals surface area contributed by atoms with Crippen molar-refractivity contribution in [3.05, 3.63) is 57.7 Å². The van der Waals surface area contributed by atoms with Gasteiger partial charge in [-0.3, -0.25) is 0 Å². The highest BCUT2D eigenvalue weighted by molar-refractivity contribution is 6.01. The first-order valence-electron chi connectivity index (χ1n) is 7.85. The SMILES string of the molecule is COC(=O)C1=C(C)NC2=C(C(=O)OC2)C1c1cccc(F)c1C(F)CF. The molecule has 1 aromatic carbocycles. The molecule has 1 aromatic rings. The number of nitrogens with one attached hydrogen (secondary N) is 1. The number of esters is 2. The third-order valence-corrected chi connectivity index (χ3v) is 4.46. The summed E-state index contributed by atoms with van der Waals surface area (Å²) < 4.78 is 51.3. The number of alkyl halides is 2. The zero-order valence-electron chi connectivity index (χ0n) is 14.1. The summed E-state index contributed by atoms with van der Waals surface area (Å²) in [6.45, 7) is 0.0850. The Balaban J connectivity index is 2.28. The van der Waals surface area contributed by atoms with Crippen LogP contribution in [-0.2, 0) is 19.1 Å². The fourth-order valence-corrected chi connectivity index (χ4v) is 3.37. The smallest absolute Gasteiger partial charge is 0.337 e. The molecular weight excluding hydrogens is 351 g/mol. The van der Waals surface area contributed by atoms with E-state index in [-0.39, 0.29) is 23.3 Å². The van der Waals surface area contributed by atoms with Crippen molar-refractivity contribution in [2.75, 3.05) is 20.4 Å². The molecule has 2 aliphatic heterocycles. The first kappa shape index (κ1) is 18.0. The van der Waals surface area contributed by atoms with Crippen LogP contribution in [0.1, 0.15) is 30.1 Å². The zero-order valence-corrected chi connectivity index (χ0v) is 14.1. The Morgan fingerprint density at radius 1 is 1.46 bits per heavy atom. The molecule has 2 aliphatic rings. The van der Waals surface area contributed by atoms with E-state index in [1.54, 1.807) is 6.92 Å². The Labute approximate surface area is 147 Å². The van der Waals surface area contributed by atoms with Crippen molar-refractivity contribution >= 4 is 11.9 Å². The van der Waals surface area contributed by atoms with E-state index in [0.29, 0.717) is 11.4 Å². The summed E-state index contributed by atoms with van der Waals surface area (Å²) in [7, 11) is 1.16. The van der Waals surface area contributed by atoms with Crippen molar-refractivity contribution in [2.45, 2.75) is 19.0 Å². The predicted molar refractivity (Wildman–Crippen MR) is 84.8 cm³/mol. The number of carbonyl (C=O) groups excluding carboxylic acids is 2. The molecule has 8 heteroatoms. The summed E-state index contributed by atoms with van der Waals surface area (Å²) in [5.74, 6) is -3.56. The molecule has 2 heterocycles. The van der Waals surface area contributed by atoms with Gasteiger partial charge >= 0.3 is 11.9 Å². The summed E-state index contributed by atoms with van der Waals surface area (Å²) in [5.41, 5.74) is 0.308. The molecule has 138 valence electrons. The van der Waals surface area contributed by atoms with Crippen molar-refractivity contribution < 1.29 is 32.2 Å². The van der Waals surface area contributed by atoms with Gasteiger partial charge < -0.3 is 14.8 Å². The third-order valence-electron chi connectivity index (χ3n) is 4.46. The van der Waals surface area contributed by atoms with Crippen molar-refractivity contribution in [2.24, 2.45) is 0 Å². The Hall–Kier alpha value is -2.77. The monoisotopic (exact) mass is 367 g/mol. The lowest BCUT2D eigenvalue weighted by Crippen LogP contribution is -2.30. The lowest BCUT2D eigenvalue weighted by Gasteiger charge is -2.29. The van der Waals surface area contributed by atoms with Gasteiger partial charge in [-0.25, -0.2) is 22.8 Å². The molecule has 3 rings (SSSR count). The maximum absolute atomic E-state index is 14.3. The zero-order chi connectivity index (χ0) is 19.0. The highest BCUT2D eigenvalue weighted by Gasteiger charge is 2.43. The van der Waals surface area contributed by atoms with Crippen molar-refractivity contribution in [1.82, 2.24) is 5.32 Å². The highest BCUT2D eigenvalue weighted by Crippen LogP contribution is 2.44. The number of methoxy groups -OCH3 is 1. The summed E-state index contributed by atoms with van der Waals surface area (Å²) in [5, 5.41) is 2.90. The minimum Gasteiger partial charge on any atom is -0.466 e. The fourth-order valence-electron chi connectivity index (χ4n) is 3.37. The van der Waals surface area contributed by atoms with Gasteiger partial charge in [0.15, 0.2) is 6.17 Å². The van der Waals surface area contributed by atoms with Crippen LogP contribution in [0.25, 0.3) is 0 Å². The molecule has 0 spiro atoms. The lowest BCUT2D eigenvalue weighted by molar-refractivity contribution is -0.136.